The van der Waals surface area contributed by atoms with Crippen LogP contribution in [0.3, 0.4) is 0 Å². The smallest absolute Gasteiger partial charge is 0.373 e. The number of para-hydroxylation sites is 1. The van der Waals surface area contributed by atoms with Crippen molar-refractivity contribution >= 4 is 6.01 Å². The molecule has 0 spiro atoms. The molecule has 0 unspecified atom stereocenters. The molecule has 72 valence electrons. The Bertz CT molecular complexity index is 513. The maximum atomic E-state index is 11.2. The fourth-order valence-electron chi connectivity index (χ4n) is 1.25. The molecule has 0 atom stereocenters. The van der Waals surface area contributed by atoms with Crippen molar-refractivity contribution in [1.29, 1.82) is 0 Å². The second kappa shape index (κ2) is 3.02. The number of nitrogen functional groups attached to an aromatic ring is 1. The molecule has 0 radical (unpaired) electrons. The first-order valence-electron chi connectivity index (χ1n) is 4.10. The van der Waals surface area contributed by atoms with E-state index in [2.05, 4.69) is 9.52 Å². The van der Waals surface area contributed by atoms with E-state index < -0.39 is 5.76 Å². The highest BCUT2D eigenvalue weighted by molar-refractivity contribution is 5.38. The Morgan fingerprint density at radius 2 is 2.14 bits per heavy atom. The van der Waals surface area contributed by atoms with Crippen molar-refractivity contribution in [2.45, 2.75) is 6.92 Å². The fraction of sp³-hybridized carbons (Fsp3) is 0.111. The van der Waals surface area contributed by atoms with Gasteiger partial charge in [0, 0.05) is 0 Å². The molecule has 0 aliphatic carbocycles. The van der Waals surface area contributed by atoms with Gasteiger partial charge in [-0.2, -0.15) is 4.68 Å². The summed E-state index contributed by atoms with van der Waals surface area (Å²) in [6.45, 7) is 1.88. The number of hydrogen-bond acceptors (Lipinski definition) is 4. The lowest BCUT2D eigenvalue weighted by Gasteiger charge is -2.00. The molecule has 0 amide bonds. The van der Waals surface area contributed by atoms with Gasteiger partial charge in [-0.3, -0.25) is 0 Å². The summed E-state index contributed by atoms with van der Waals surface area (Å²) in [6, 6.07) is 7.23. The highest BCUT2D eigenvalue weighted by Crippen LogP contribution is 2.10. The number of nitrogens with zero attached hydrogens (tertiary/aromatic N) is 2. The first-order valence-corrected chi connectivity index (χ1v) is 4.10. The normalized spacial score (nSPS) is 10.4. The minimum absolute atomic E-state index is 0.127. The van der Waals surface area contributed by atoms with Crippen LogP contribution < -0.4 is 11.5 Å². The maximum absolute atomic E-state index is 11.2. The molecule has 0 aliphatic rings. The highest BCUT2D eigenvalue weighted by Gasteiger charge is 2.08. The predicted molar refractivity (Wildman–Crippen MR) is 51.2 cm³/mol. The van der Waals surface area contributed by atoms with E-state index in [9.17, 15) is 4.79 Å². The molecule has 0 saturated carbocycles. The summed E-state index contributed by atoms with van der Waals surface area (Å²) in [5.74, 6) is -0.572. The van der Waals surface area contributed by atoms with Crippen LogP contribution >= 0.6 is 0 Å². The summed E-state index contributed by atoms with van der Waals surface area (Å²) in [4.78, 5) is 11.2. The van der Waals surface area contributed by atoms with Crippen molar-refractivity contribution in [1.82, 2.24) is 9.78 Å². The summed E-state index contributed by atoms with van der Waals surface area (Å²) in [5, 5.41) is 3.76. The second-order valence-electron chi connectivity index (χ2n) is 2.90. The van der Waals surface area contributed by atoms with Crippen LogP contribution in [-0.2, 0) is 0 Å². The molecule has 1 aromatic carbocycles. The van der Waals surface area contributed by atoms with E-state index >= 15 is 0 Å². The Balaban J connectivity index is 2.66. The van der Waals surface area contributed by atoms with Crippen molar-refractivity contribution in [3.8, 4) is 5.69 Å². The molecular weight excluding hydrogens is 182 g/mol. The Morgan fingerprint density at radius 1 is 1.43 bits per heavy atom. The third-order valence-corrected chi connectivity index (χ3v) is 1.91. The quantitative estimate of drug-likeness (QED) is 0.720. The molecular formula is C9H9N3O2. The van der Waals surface area contributed by atoms with Crippen molar-refractivity contribution in [3.63, 3.8) is 0 Å². The van der Waals surface area contributed by atoms with Gasteiger partial charge in [0.1, 0.15) is 0 Å². The molecule has 5 heteroatoms. The zero-order valence-corrected chi connectivity index (χ0v) is 7.60. The van der Waals surface area contributed by atoms with Gasteiger partial charge in [-0.15, -0.1) is 5.10 Å². The van der Waals surface area contributed by atoms with Gasteiger partial charge in [0.15, 0.2) is 0 Å². The van der Waals surface area contributed by atoms with Crippen molar-refractivity contribution in [3.05, 3.63) is 40.4 Å². The van der Waals surface area contributed by atoms with Crippen LogP contribution in [-0.4, -0.2) is 9.78 Å². The van der Waals surface area contributed by atoms with E-state index in [0.29, 0.717) is 5.69 Å². The summed E-state index contributed by atoms with van der Waals surface area (Å²) >= 11 is 0. The van der Waals surface area contributed by atoms with Crippen LogP contribution in [0, 0.1) is 6.92 Å². The van der Waals surface area contributed by atoms with Crippen molar-refractivity contribution < 1.29 is 4.42 Å². The number of benzene rings is 1. The molecule has 1 aromatic heterocycles. The maximum Gasteiger partial charge on any atom is 0.443 e. The summed E-state index contributed by atoms with van der Waals surface area (Å²) in [6.07, 6.45) is 0. The molecule has 0 bridgehead atoms. The molecule has 1 heterocycles. The second-order valence-corrected chi connectivity index (χ2v) is 2.90. The van der Waals surface area contributed by atoms with E-state index in [4.69, 9.17) is 5.73 Å². The molecule has 0 aliphatic heterocycles. The summed E-state index contributed by atoms with van der Waals surface area (Å²) < 4.78 is 5.74. The van der Waals surface area contributed by atoms with E-state index in [0.717, 1.165) is 10.2 Å². The molecule has 2 aromatic rings. The van der Waals surface area contributed by atoms with E-state index in [1.54, 1.807) is 6.07 Å². The van der Waals surface area contributed by atoms with Gasteiger partial charge in [-0.05, 0) is 18.6 Å². The standard InChI is InChI=1S/C9H9N3O2/c1-6-4-2-3-5-7(6)12-9(13)14-8(10)11-12/h2-5H,1H3,(H2,10,11). The lowest BCUT2D eigenvalue weighted by Crippen LogP contribution is -2.14. The van der Waals surface area contributed by atoms with Crippen LogP contribution in [0.1, 0.15) is 5.56 Å². The van der Waals surface area contributed by atoms with E-state index in [1.807, 2.05) is 25.1 Å². The predicted octanol–water partition coefficient (Wildman–Crippen LogP) is 0.716. The Hall–Kier alpha value is -2.04. The minimum atomic E-state index is -0.572. The molecule has 2 N–H and O–H groups in total. The van der Waals surface area contributed by atoms with Crippen LogP contribution in [0.15, 0.2) is 33.5 Å². The van der Waals surface area contributed by atoms with Crippen molar-refractivity contribution in [2.75, 3.05) is 5.73 Å². The SMILES string of the molecule is Cc1ccccc1-n1nc(N)oc1=O. The van der Waals surface area contributed by atoms with Gasteiger partial charge < -0.3 is 10.2 Å². The van der Waals surface area contributed by atoms with Gasteiger partial charge in [-0.1, -0.05) is 18.2 Å². The summed E-state index contributed by atoms with van der Waals surface area (Å²) in [5.41, 5.74) is 6.88. The number of rotatable bonds is 1. The van der Waals surface area contributed by atoms with Gasteiger partial charge in [0.05, 0.1) is 5.69 Å². The fourth-order valence-corrected chi connectivity index (χ4v) is 1.25. The van der Waals surface area contributed by atoms with Crippen LogP contribution in [0.4, 0.5) is 6.01 Å². The van der Waals surface area contributed by atoms with Crippen LogP contribution in [0.25, 0.3) is 5.69 Å². The number of anilines is 1. The molecule has 0 fully saturated rings. The zero-order valence-electron chi connectivity index (χ0n) is 7.60. The number of aromatic nitrogens is 2. The first kappa shape index (κ1) is 8.55. The van der Waals surface area contributed by atoms with Gasteiger partial charge >= 0.3 is 11.8 Å². The average molecular weight is 191 g/mol. The summed E-state index contributed by atoms with van der Waals surface area (Å²) in [7, 11) is 0. The number of hydrogen-bond donors (Lipinski definition) is 1. The van der Waals surface area contributed by atoms with Crippen molar-refractivity contribution in [2.24, 2.45) is 0 Å². The average Bonchev–Trinajstić information content (AvgIpc) is 2.46. The topological polar surface area (TPSA) is 74.1 Å². The van der Waals surface area contributed by atoms with Crippen LogP contribution in [0.2, 0.25) is 0 Å². The monoisotopic (exact) mass is 191 g/mol. The van der Waals surface area contributed by atoms with E-state index in [-0.39, 0.29) is 6.01 Å². The number of aryl methyl sites for hydroxylation is 1. The number of nitrogens with two attached hydrogens (primary N) is 1. The molecule has 0 saturated heterocycles. The molecule has 2 rings (SSSR count). The third kappa shape index (κ3) is 1.28. The van der Waals surface area contributed by atoms with E-state index in [1.165, 1.54) is 0 Å². The van der Waals surface area contributed by atoms with Crippen LogP contribution in [0.5, 0.6) is 0 Å². The highest BCUT2D eigenvalue weighted by atomic mass is 16.4. The lowest BCUT2D eigenvalue weighted by molar-refractivity contribution is 0.520. The minimum Gasteiger partial charge on any atom is -0.373 e. The Kier molecular flexibility index (Phi) is 1.85. The Labute approximate surface area is 79.8 Å². The Morgan fingerprint density at radius 3 is 2.71 bits per heavy atom. The molecule has 5 nitrogen and oxygen atoms in total. The molecule has 14 heavy (non-hydrogen) atoms. The zero-order chi connectivity index (χ0) is 10.1. The largest absolute Gasteiger partial charge is 0.443 e. The lowest BCUT2D eigenvalue weighted by atomic mass is 10.2. The third-order valence-electron chi connectivity index (χ3n) is 1.91. The van der Waals surface area contributed by atoms with Gasteiger partial charge in [0.25, 0.3) is 0 Å². The van der Waals surface area contributed by atoms with Gasteiger partial charge in [-0.25, -0.2) is 4.79 Å². The first-order chi connectivity index (χ1) is 6.68. The van der Waals surface area contributed by atoms with Gasteiger partial charge in [0.2, 0.25) is 0 Å².